The zero-order valence-corrected chi connectivity index (χ0v) is 33.7. The van der Waals surface area contributed by atoms with Gasteiger partial charge in [0.15, 0.2) is 6.10 Å². The lowest BCUT2D eigenvalue weighted by Crippen LogP contribution is -2.29. The number of nitrogens with two attached hydrogens (primary N) is 1. The van der Waals surface area contributed by atoms with Crippen molar-refractivity contribution in [3.8, 4) is 0 Å². The second-order valence-corrected chi connectivity index (χ2v) is 15.3. The third-order valence-electron chi connectivity index (χ3n) is 8.82. The molecule has 0 spiro atoms. The molecule has 0 radical (unpaired) electrons. The lowest BCUT2D eigenvalue weighted by molar-refractivity contribution is -0.161. The Kier molecular flexibility index (Phi) is 37.1. The van der Waals surface area contributed by atoms with E-state index >= 15 is 0 Å². The summed E-state index contributed by atoms with van der Waals surface area (Å²) in [5, 5.41) is 0. The normalized spacial score (nSPS) is 13.6. The van der Waals surface area contributed by atoms with Crippen LogP contribution in [0.2, 0.25) is 0 Å². The van der Waals surface area contributed by atoms with Crippen molar-refractivity contribution in [3.63, 3.8) is 0 Å². The molecule has 1 unspecified atom stereocenters. The maximum Gasteiger partial charge on any atom is 0.472 e. The minimum absolute atomic E-state index is 0.0487. The van der Waals surface area contributed by atoms with E-state index in [1.165, 1.54) is 109 Å². The first-order chi connectivity index (χ1) is 24.8. The largest absolute Gasteiger partial charge is 0.472 e. The molecular weight excluding hydrogens is 665 g/mol. The van der Waals surface area contributed by atoms with Gasteiger partial charge in [0.25, 0.3) is 0 Å². The first-order valence-corrected chi connectivity index (χ1v) is 22.3. The monoisotopic (exact) mass is 744 g/mol. The van der Waals surface area contributed by atoms with Crippen molar-refractivity contribution in [3.05, 3.63) is 24.3 Å². The molecule has 0 aliphatic rings. The van der Waals surface area contributed by atoms with Crippen LogP contribution in [-0.4, -0.2) is 49.3 Å². The minimum Gasteiger partial charge on any atom is -0.462 e. The fourth-order valence-corrected chi connectivity index (χ4v) is 6.47. The molecule has 0 fully saturated rings. The van der Waals surface area contributed by atoms with Gasteiger partial charge in [-0.05, 0) is 51.4 Å². The van der Waals surface area contributed by atoms with Gasteiger partial charge in [-0.3, -0.25) is 18.6 Å². The van der Waals surface area contributed by atoms with E-state index in [1.54, 1.807) is 0 Å². The van der Waals surface area contributed by atoms with E-state index in [-0.39, 0.29) is 32.6 Å². The molecule has 3 N–H and O–H groups in total. The van der Waals surface area contributed by atoms with Crippen LogP contribution < -0.4 is 5.73 Å². The van der Waals surface area contributed by atoms with Gasteiger partial charge in [-0.2, -0.15) is 0 Å². The molecule has 2 atom stereocenters. The van der Waals surface area contributed by atoms with E-state index in [2.05, 4.69) is 32.1 Å². The van der Waals surface area contributed by atoms with Crippen LogP contribution in [0.1, 0.15) is 194 Å². The molecule has 300 valence electrons. The number of hydrogen-bond acceptors (Lipinski definition) is 8. The van der Waals surface area contributed by atoms with Crippen LogP contribution in [-0.2, 0) is 32.7 Å². The van der Waals surface area contributed by atoms with Crippen LogP contribution in [0.15, 0.2) is 24.3 Å². The van der Waals surface area contributed by atoms with E-state index < -0.39 is 32.5 Å². The van der Waals surface area contributed by atoms with Crippen LogP contribution in [0.4, 0.5) is 0 Å². The first-order valence-electron chi connectivity index (χ1n) is 20.8. The molecule has 0 saturated heterocycles. The minimum atomic E-state index is -4.38. The number of phosphoric ester groups is 1. The topological polar surface area (TPSA) is 134 Å². The highest BCUT2D eigenvalue weighted by molar-refractivity contribution is 7.47. The number of allylic oxidation sites excluding steroid dienone is 4. The Morgan fingerprint density at radius 1 is 0.569 bits per heavy atom. The van der Waals surface area contributed by atoms with Crippen molar-refractivity contribution in [2.24, 2.45) is 5.73 Å². The summed E-state index contributed by atoms with van der Waals surface area (Å²) in [5.41, 5.74) is 5.34. The Morgan fingerprint density at radius 3 is 1.47 bits per heavy atom. The molecule has 0 saturated carbocycles. The van der Waals surface area contributed by atoms with E-state index in [0.717, 1.165) is 51.4 Å². The zero-order valence-electron chi connectivity index (χ0n) is 32.8. The van der Waals surface area contributed by atoms with Crippen molar-refractivity contribution in [1.82, 2.24) is 0 Å². The summed E-state index contributed by atoms with van der Waals surface area (Å²) in [7, 11) is -4.38. The lowest BCUT2D eigenvalue weighted by Gasteiger charge is -2.19. The van der Waals surface area contributed by atoms with Crippen molar-refractivity contribution >= 4 is 19.8 Å². The number of carbonyl (C=O) groups excluding carboxylic acids is 2. The Bertz CT molecular complexity index is 897. The van der Waals surface area contributed by atoms with Gasteiger partial charge < -0.3 is 20.1 Å². The third-order valence-corrected chi connectivity index (χ3v) is 9.81. The van der Waals surface area contributed by atoms with Crippen LogP contribution in [0.3, 0.4) is 0 Å². The zero-order chi connectivity index (χ0) is 37.5. The maximum atomic E-state index is 12.5. The maximum absolute atomic E-state index is 12.5. The van der Waals surface area contributed by atoms with Gasteiger partial charge >= 0.3 is 19.8 Å². The first kappa shape index (κ1) is 49.5. The Balaban J connectivity index is 4.22. The summed E-state index contributed by atoms with van der Waals surface area (Å²) in [6, 6.07) is 0. The van der Waals surface area contributed by atoms with Gasteiger partial charge in [0.1, 0.15) is 6.61 Å². The molecule has 9 nitrogen and oxygen atoms in total. The van der Waals surface area contributed by atoms with E-state index in [1.807, 2.05) is 6.08 Å². The summed E-state index contributed by atoms with van der Waals surface area (Å²) < 4.78 is 32.7. The van der Waals surface area contributed by atoms with Gasteiger partial charge in [0.05, 0.1) is 13.2 Å². The lowest BCUT2D eigenvalue weighted by atomic mass is 10.1. The molecule has 0 bridgehead atoms. The number of esters is 2. The highest BCUT2D eigenvalue weighted by Crippen LogP contribution is 2.43. The molecule has 0 rings (SSSR count). The molecule has 0 heterocycles. The fraction of sp³-hybridized carbons (Fsp3) is 0.854. The second kappa shape index (κ2) is 38.2. The van der Waals surface area contributed by atoms with Gasteiger partial charge in [0, 0.05) is 19.4 Å². The molecule has 0 aliphatic heterocycles. The van der Waals surface area contributed by atoms with Gasteiger partial charge in [-0.25, -0.2) is 4.57 Å². The highest BCUT2D eigenvalue weighted by atomic mass is 31.2. The summed E-state index contributed by atoms with van der Waals surface area (Å²) in [6.07, 6.45) is 39.3. The van der Waals surface area contributed by atoms with Crippen molar-refractivity contribution < 1.29 is 37.6 Å². The van der Waals surface area contributed by atoms with Crippen molar-refractivity contribution in [1.29, 1.82) is 0 Å². The number of carbonyl (C=O) groups is 2. The van der Waals surface area contributed by atoms with Crippen LogP contribution in [0.25, 0.3) is 0 Å². The van der Waals surface area contributed by atoms with E-state index in [9.17, 15) is 19.0 Å². The van der Waals surface area contributed by atoms with Crippen molar-refractivity contribution in [2.75, 3.05) is 26.4 Å². The molecule has 0 aromatic heterocycles. The SMILES string of the molecule is CCCCCCCC/C=C/CCCCCCCC(=O)OC[C@H](COP(=O)(O)OCCN)OC(=O)CC/C=C/CCCCCCCCCCCCC. The number of ether oxygens (including phenoxy) is 2. The summed E-state index contributed by atoms with van der Waals surface area (Å²) in [4.78, 5) is 34.8. The smallest absolute Gasteiger partial charge is 0.462 e. The number of phosphoric acid groups is 1. The number of rotatable bonds is 39. The summed E-state index contributed by atoms with van der Waals surface area (Å²) in [6.45, 7) is 3.68. The molecule has 51 heavy (non-hydrogen) atoms. The number of hydrogen-bond donors (Lipinski definition) is 2. The Hall–Kier alpha value is -1.51. The Labute approximate surface area is 312 Å². The van der Waals surface area contributed by atoms with Crippen LogP contribution in [0.5, 0.6) is 0 Å². The van der Waals surface area contributed by atoms with Gasteiger partial charge in [-0.1, -0.05) is 154 Å². The average molecular weight is 744 g/mol. The van der Waals surface area contributed by atoms with Gasteiger partial charge in [-0.15, -0.1) is 0 Å². The molecule has 0 aliphatic carbocycles. The second-order valence-electron chi connectivity index (χ2n) is 13.8. The summed E-state index contributed by atoms with van der Waals surface area (Å²) >= 11 is 0. The van der Waals surface area contributed by atoms with E-state index in [4.69, 9.17) is 24.3 Å². The quantitative estimate of drug-likeness (QED) is 0.0273. The van der Waals surface area contributed by atoms with Gasteiger partial charge in [0.2, 0.25) is 0 Å². The highest BCUT2D eigenvalue weighted by Gasteiger charge is 2.25. The van der Waals surface area contributed by atoms with Crippen LogP contribution >= 0.6 is 7.82 Å². The number of unbranched alkanes of at least 4 members (excludes halogenated alkanes) is 22. The third kappa shape index (κ3) is 38.0. The predicted molar refractivity (Wildman–Crippen MR) is 211 cm³/mol. The van der Waals surface area contributed by atoms with Crippen LogP contribution in [0, 0.1) is 0 Å². The summed E-state index contributed by atoms with van der Waals surface area (Å²) in [5.74, 6) is -0.891. The predicted octanol–water partition coefficient (Wildman–Crippen LogP) is 11.6. The van der Waals surface area contributed by atoms with Crippen molar-refractivity contribution in [2.45, 2.75) is 200 Å². The standard InChI is InChI=1S/C41H78NO8P/c1-3-5-7-9-11-13-15-17-19-21-23-25-27-29-31-33-40(43)47-37-39(38-49-51(45,46)48-36-35-42)50-41(44)34-32-30-28-26-24-22-20-18-16-14-12-10-8-6-4-2/h17,19,28,30,39H,3-16,18,20-27,29,31-38,42H2,1-2H3,(H,45,46)/b19-17+,30-28+/t39-/m1/s1. The Morgan fingerprint density at radius 2 is 1.00 bits per heavy atom. The molecule has 0 amide bonds. The molecule has 10 heteroatoms. The molecule has 0 aromatic carbocycles. The average Bonchev–Trinajstić information content (AvgIpc) is 3.11. The molecular formula is C41H78NO8P. The molecule has 0 aromatic rings. The van der Waals surface area contributed by atoms with E-state index in [0.29, 0.717) is 6.42 Å². The fourth-order valence-electron chi connectivity index (χ4n) is 5.71.